The number of hydrogen-bond donors (Lipinski definition) is 2. The summed E-state index contributed by atoms with van der Waals surface area (Å²) in [6, 6.07) is 5.94. The van der Waals surface area contributed by atoms with E-state index in [1.807, 2.05) is 25.1 Å². The zero-order valence-corrected chi connectivity index (χ0v) is 18.0. The predicted octanol–water partition coefficient (Wildman–Crippen LogP) is 3.42. The van der Waals surface area contributed by atoms with Crippen LogP contribution in [-0.4, -0.2) is 45.3 Å². The number of rotatable bonds is 11. The van der Waals surface area contributed by atoms with E-state index in [9.17, 15) is 4.79 Å². The van der Waals surface area contributed by atoms with E-state index in [4.69, 9.17) is 14.5 Å². The van der Waals surface area contributed by atoms with Crippen LogP contribution in [0.15, 0.2) is 23.2 Å². The Morgan fingerprint density at radius 1 is 1.17 bits per heavy atom. The number of ether oxygens (including phenoxy) is 3. The van der Waals surface area contributed by atoms with E-state index in [0.29, 0.717) is 13.0 Å². The molecule has 0 aromatic heterocycles. The van der Waals surface area contributed by atoms with Crippen molar-refractivity contribution in [1.29, 1.82) is 0 Å². The maximum Gasteiger partial charge on any atom is 0.305 e. The second kappa shape index (κ2) is 12.9. The quantitative estimate of drug-likeness (QED) is 0.254. The van der Waals surface area contributed by atoms with E-state index in [1.54, 1.807) is 7.11 Å². The van der Waals surface area contributed by atoms with Gasteiger partial charge in [-0.2, -0.15) is 0 Å². The van der Waals surface area contributed by atoms with Crippen LogP contribution >= 0.6 is 0 Å². The molecular formula is C22H35N3O4. The van der Waals surface area contributed by atoms with Crippen molar-refractivity contribution in [2.24, 2.45) is 4.99 Å². The van der Waals surface area contributed by atoms with Crippen molar-refractivity contribution in [2.75, 3.05) is 27.3 Å². The minimum Gasteiger partial charge on any atom is -0.493 e. The number of carbonyl (C=O) groups excluding carboxylic acids is 1. The van der Waals surface area contributed by atoms with E-state index in [2.05, 4.69) is 15.4 Å². The van der Waals surface area contributed by atoms with E-state index >= 15 is 0 Å². The molecule has 7 heteroatoms. The van der Waals surface area contributed by atoms with Crippen LogP contribution in [0.3, 0.4) is 0 Å². The highest BCUT2D eigenvalue weighted by Crippen LogP contribution is 2.35. The van der Waals surface area contributed by atoms with Crippen molar-refractivity contribution in [3.63, 3.8) is 0 Å². The normalized spacial score (nSPS) is 14.5. The number of unbranched alkanes of at least 4 members (excludes halogenated alkanes) is 1. The molecule has 2 rings (SSSR count). The highest BCUT2D eigenvalue weighted by Gasteiger charge is 2.20. The standard InChI is InChI=1S/C22H35N3O4/c1-4-23-22(24-15-8-7-14-20(26)28-3)25-16-17-10-9-13-19(27-2)21(17)29-18-11-5-6-12-18/h9-10,13,18H,4-8,11-12,14-16H2,1-3H3,(H2,23,24,25). The Morgan fingerprint density at radius 2 is 1.97 bits per heavy atom. The zero-order valence-electron chi connectivity index (χ0n) is 18.0. The van der Waals surface area contributed by atoms with Gasteiger partial charge >= 0.3 is 5.97 Å². The lowest BCUT2D eigenvalue weighted by atomic mass is 10.1. The average Bonchev–Trinajstić information content (AvgIpc) is 3.25. The molecule has 1 aromatic carbocycles. The lowest BCUT2D eigenvalue weighted by Crippen LogP contribution is -2.37. The topological polar surface area (TPSA) is 81.2 Å². The van der Waals surface area contributed by atoms with Gasteiger partial charge in [0.2, 0.25) is 0 Å². The second-order valence-corrected chi connectivity index (χ2v) is 7.13. The lowest BCUT2D eigenvalue weighted by molar-refractivity contribution is -0.140. The summed E-state index contributed by atoms with van der Waals surface area (Å²) in [5.74, 6) is 2.14. The van der Waals surface area contributed by atoms with Gasteiger partial charge in [0, 0.05) is 25.1 Å². The fourth-order valence-electron chi connectivity index (χ4n) is 3.36. The van der Waals surface area contributed by atoms with Crippen LogP contribution in [0.5, 0.6) is 11.5 Å². The fourth-order valence-corrected chi connectivity index (χ4v) is 3.36. The molecule has 1 aliphatic carbocycles. The van der Waals surface area contributed by atoms with Crippen molar-refractivity contribution >= 4 is 11.9 Å². The Hall–Kier alpha value is -2.44. The van der Waals surface area contributed by atoms with E-state index in [1.165, 1.54) is 20.0 Å². The maximum absolute atomic E-state index is 11.2. The van der Waals surface area contributed by atoms with E-state index < -0.39 is 0 Å². The second-order valence-electron chi connectivity index (χ2n) is 7.13. The molecule has 1 saturated carbocycles. The summed E-state index contributed by atoms with van der Waals surface area (Å²) in [5.41, 5.74) is 1.01. The SMILES string of the molecule is CCNC(=NCc1cccc(OC)c1OC1CCCC1)NCCCCC(=O)OC. The Morgan fingerprint density at radius 3 is 2.66 bits per heavy atom. The number of esters is 1. The lowest BCUT2D eigenvalue weighted by Gasteiger charge is -2.19. The first-order valence-corrected chi connectivity index (χ1v) is 10.6. The maximum atomic E-state index is 11.2. The van der Waals surface area contributed by atoms with Crippen molar-refractivity contribution < 1.29 is 19.0 Å². The first-order valence-electron chi connectivity index (χ1n) is 10.6. The molecule has 0 spiro atoms. The van der Waals surface area contributed by atoms with Crippen molar-refractivity contribution in [1.82, 2.24) is 10.6 Å². The highest BCUT2D eigenvalue weighted by molar-refractivity contribution is 5.79. The molecule has 0 radical (unpaired) electrons. The van der Waals surface area contributed by atoms with Gasteiger partial charge < -0.3 is 24.8 Å². The summed E-state index contributed by atoms with van der Waals surface area (Å²) in [5, 5.41) is 6.58. The number of para-hydroxylation sites is 1. The molecule has 7 nitrogen and oxygen atoms in total. The summed E-state index contributed by atoms with van der Waals surface area (Å²) in [4.78, 5) is 15.9. The van der Waals surface area contributed by atoms with Gasteiger partial charge in [-0.05, 0) is 51.5 Å². The van der Waals surface area contributed by atoms with Gasteiger partial charge in [-0.15, -0.1) is 0 Å². The number of nitrogens with one attached hydrogen (secondary N) is 2. The first-order chi connectivity index (χ1) is 14.2. The van der Waals surface area contributed by atoms with Gasteiger partial charge in [-0.1, -0.05) is 12.1 Å². The van der Waals surface area contributed by atoms with Crippen LogP contribution in [0.25, 0.3) is 0 Å². The molecule has 1 aromatic rings. The highest BCUT2D eigenvalue weighted by atomic mass is 16.5. The Kier molecular flexibility index (Phi) is 10.2. The molecule has 0 saturated heterocycles. The molecular weight excluding hydrogens is 370 g/mol. The van der Waals surface area contributed by atoms with Crippen LogP contribution in [0.4, 0.5) is 0 Å². The van der Waals surface area contributed by atoms with Gasteiger partial charge in [-0.3, -0.25) is 4.79 Å². The average molecular weight is 406 g/mol. The molecule has 162 valence electrons. The molecule has 2 N–H and O–H groups in total. The zero-order chi connectivity index (χ0) is 20.9. The molecule has 0 atom stereocenters. The summed E-state index contributed by atoms with van der Waals surface area (Å²) >= 11 is 0. The smallest absolute Gasteiger partial charge is 0.305 e. The van der Waals surface area contributed by atoms with Crippen LogP contribution < -0.4 is 20.1 Å². The number of benzene rings is 1. The minimum absolute atomic E-state index is 0.168. The summed E-state index contributed by atoms with van der Waals surface area (Å²) in [7, 11) is 3.09. The van der Waals surface area contributed by atoms with Gasteiger partial charge in [0.25, 0.3) is 0 Å². The molecule has 0 amide bonds. The van der Waals surface area contributed by atoms with Crippen LogP contribution in [0.2, 0.25) is 0 Å². The summed E-state index contributed by atoms with van der Waals surface area (Å²) < 4.78 is 16.5. The summed E-state index contributed by atoms with van der Waals surface area (Å²) in [6.07, 6.45) is 6.98. The molecule has 0 heterocycles. The van der Waals surface area contributed by atoms with Crippen molar-refractivity contribution in [2.45, 2.75) is 64.5 Å². The molecule has 0 aliphatic heterocycles. The van der Waals surface area contributed by atoms with E-state index in [0.717, 1.165) is 61.8 Å². The Labute approximate surface area is 174 Å². The van der Waals surface area contributed by atoms with Gasteiger partial charge in [0.05, 0.1) is 26.9 Å². The van der Waals surface area contributed by atoms with Crippen molar-refractivity contribution in [3.8, 4) is 11.5 Å². The predicted molar refractivity (Wildman–Crippen MR) is 115 cm³/mol. The van der Waals surface area contributed by atoms with Gasteiger partial charge in [-0.25, -0.2) is 4.99 Å². The van der Waals surface area contributed by atoms with Gasteiger partial charge in [0.1, 0.15) is 0 Å². The van der Waals surface area contributed by atoms with E-state index in [-0.39, 0.29) is 12.1 Å². The van der Waals surface area contributed by atoms with Crippen molar-refractivity contribution in [3.05, 3.63) is 23.8 Å². The fraction of sp³-hybridized carbons (Fsp3) is 0.636. The number of nitrogens with zero attached hydrogens (tertiary/aromatic N) is 1. The van der Waals surface area contributed by atoms with Crippen LogP contribution in [0.1, 0.15) is 57.4 Å². The first kappa shape index (κ1) is 22.8. The molecule has 0 unspecified atom stereocenters. The Balaban J connectivity index is 1.97. The number of carbonyl (C=O) groups is 1. The van der Waals surface area contributed by atoms with Gasteiger partial charge in [0.15, 0.2) is 17.5 Å². The molecule has 0 bridgehead atoms. The van der Waals surface area contributed by atoms with Crippen LogP contribution in [-0.2, 0) is 16.1 Å². The Bertz CT molecular complexity index is 657. The molecule has 29 heavy (non-hydrogen) atoms. The number of aliphatic imine (C=N–C) groups is 1. The summed E-state index contributed by atoms with van der Waals surface area (Å²) in [6.45, 7) is 4.05. The largest absolute Gasteiger partial charge is 0.493 e. The third kappa shape index (κ3) is 7.83. The number of methoxy groups -OCH3 is 2. The monoisotopic (exact) mass is 405 g/mol. The number of hydrogen-bond acceptors (Lipinski definition) is 5. The molecule has 1 aliphatic rings. The van der Waals surface area contributed by atoms with Crippen LogP contribution in [0, 0.1) is 0 Å². The third-order valence-corrected chi connectivity index (χ3v) is 4.95. The third-order valence-electron chi connectivity index (χ3n) is 4.95. The minimum atomic E-state index is -0.168. The number of guanidine groups is 1. The molecule has 1 fully saturated rings.